The minimum atomic E-state index is -3.79. The first-order valence-corrected chi connectivity index (χ1v) is 9.32. The number of thiophene rings is 1. The van der Waals surface area contributed by atoms with Gasteiger partial charge in [0.05, 0.1) is 0 Å². The molecule has 1 unspecified atom stereocenters. The third kappa shape index (κ3) is 4.26. The van der Waals surface area contributed by atoms with E-state index in [1.807, 2.05) is 0 Å². The molecule has 118 valence electrons. The molecule has 1 aliphatic heterocycles. The van der Waals surface area contributed by atoms with Gasteiger partial charge in [-0.15, -0.1) is 11.3 Å². The van der Waals surface area contributed by atoms with E-state index in [1.165, 1.54) is 17.9 Å². The molecule has 1 aliphatic rings. The molecule has 0 spiro atoms. The normalized spacial score (nSPS) is 18.5. The maximum absolute atomic E-state index is 12.3. The van der Waals surface area contributed by atoms with Crippen molar-refractivity contribution in [1.82, 2.24) is 9.62 Å². The first-order chi connectivity index (χ1) is 9.90. The summed E-state index contributed by atoms with van der Waals surface area (Å²) in [5.41, 5.74) is 0. The van der Waals surface area contributed by atoms with Crippen molar-refractivity contribution in [2.75, 3.05) is 19.6 Å². The summed E-state index contributed by atoms with van der Waals surface area (Å²) in [6, 6.07) is 1.08. The summed E-state index contributed by atoms with van der Waals surface area (Å²) in [6.07, 6.45) is 3.52. The Labute approximate surface area is 128 Å². The number of sulfonamides is 1. The van der Waals surface area contributed by atoms with Gasteiger partial charge < -0.3 is 10.0 Å². The summed E-state index contributed by atoms with van der Waals surface area (Å²) in [5.74, 6) is -1.21. The molecule has 8 heteroatoms. The van der Waals surface area contributed by atoms with Crippen molar-refractivity contribution >= 4 is 27.3 Å². The fraction of sp³-hybridized carbons (Fsp3) is 0.615. The predicted molar refractivity (Wildman–Crippen MR) is 81.4 cm³/mol. The minimum Gasteiger partial charge on any atom is -0.477 e. The number of nitrogens with one attached hydrogen (secondary N) is 1. The van der Waals surface area contributed by atoms with Crippen LogP contribution in [0.2, 0.25) is 0 Å². The lowest BCUT2D eigenvalue weighted by molar-refractivity contribution is 0.0698. The van der Waals surface area contributed by atoms with Gasteiger partial charge in [0.15, 0.2) is 0 Å². The van der Waals surface area contributed by atoms with E-state index in [4.69, 9.17) is 5.11 Å². The molecule has 1 aromatic rings. The molecule has 0 aliphatic carbocycles. The standard InChI is InChI=1S/C13H20N2O4S2/c1-10(9-15-6-3-2-4-7-15)14-21(18,19)11-5-8-20-12(11)13(16)17/h5,8,10,14H,2-4,6-7,9H2,1H3,(H,16,17). The molecule has 1 fully saturated rings. The number of likely N-dealkylation sites (tertiary alicyclic amines) is 1. The molecule has 0 amide bonds. The number of hydrogen-bond acceptors (Lipinski definition) is 5. The minimum absolute atomic E-state index is 0.146. The van der Waals surface area contributed by atoms with Crippen LogP contribution < -0.4 is 4.72 Å². The third-order valence-electron chi connectivity index (χ3n) is 3.45. The quantitative estimate of drug-likeness (QED) is 0.826. The van der Waals surface area contributed by atoms with Crippen molar-refractivity contribution in [2.24, 2.45) is 0 Å². The molecule has 1 aromatic heterocycles. The number of hydrogen-bond donors (Lipinski definition) is 2. The average molecular weight is 332 g/mol. The van der Waals surface area contributed by atoms with E-state index >= 15 is 0 Å². The van der Waals surface area contributed by atoms with Gasteiger partial charge in [-0.05, 0) is 44.3 Å². The lowest BCUT2D eigenvalue weighted by atomic mass is 10.1. The number of aromatic carboxylic acids is 1. The van der Waals surface area contributed by atoms with Crippen molar-refractivity contribution < 1.29 is 18.3 Å². The molecule has 21 heavy (non-hydrogen) atoms. The highest BCUT2D eigenvalue weighted by Gasteiger charge is 2.26. The van der Waals surface area contributed by atoms with Crippen molar-refractivity contribution in [3.8, 4) is 0 Å². The van der Waals surface area contributed by atoms with Crippen molar-refractivity contribution in [2.45, 2.75) is 37.1 Å². The second-order valence-corrected chi connectivity index (χ2v) is 7.90. The third-order valence-corrected chi connectivity index (χ3v) is 6.11. The summed E-state index contributed by atoms with van der Waals surface area (Å²) in [5, 5.41) is 10.5. The average Bonchev–Trinajstić information content (AvgIpc) is 2.89. The first-order valence-electron chi connectivity index (χ1n) is 6.95. The van der Waals surface area contributed by atoms with Crippen LogP contribution in [0.15, 0.2) is 16.3 Å². The fourth-order valence-corrected chi connectivity index (χ4v) is 5.05. The number of nitrogens with zero attached hydrogens (tertiary/aromatic N) is 1. The molecular weight excluding hydrogens is 312 g/mol. The summed E-state index contributed by atoms with van der Waals surface area (Å²) in [4.78, 5) is 13.0. The number of piperidine rings is 1. The van der Waals surface area contributed by atoms with E-state index in [1.54, 1.807) is 6.92 Å². The van der Waals surface area contributed by atoms with Gasteiger partial charge in [-0.1, -0.05) is 6.42 Å². The van der Waals surface area contributed by atoms with Gasteiger partial charge >= 0.3 is 5.97 Å². The van der Waals surface area contributed by atoms with Gasteiger partial charge in [-0.3, -0.25) is 0 Å². The van der Waals surface area contributed by atoms with Crippen LogP contribution in [-0.4, -0.2) is 50.1 Å². The highest BCUT2D eigenvalue weighted by Crippen LogP contribution is 2.22. The van der Waals surface area contributed by atoms with Crippen molar-refractivity contribution in [1.29, 1.82) is 0 Å². The van der Waals surface area contributed by atoms with E-state index in [0.29, 0.717) is 6.54 Å². The zero-order chi connectivity index (χ0) is 15.5. The van der Waals surface area contributed by atoms with E-state index in [2.05, 4.69) is 9.62 Å². The lowest BCUT2D eigenvalue weighted by Gasteiger charge is -2.29. The number of carboxylic acid groups (broad SMARTS) is 1. The second-order valence-electron chi connectivity index (χ2n) is 5.30. The summed E-state index contributed by atoms with van der Waals surface area (Å²) >= 11 is 0.918. The first kappa shape index (κ1) is 16.4. The Morgan fingerprint density at radius 3 is 2.71 bits per heavy atom. The Hall–Kier alpha value is -0.960. The van der Waals surface area contributed by atoms with Gasteiger partial charge in [0, 0.05) is 12.6 Å². The van der Waals surface area contributed by atoms with Crippen LogP contribution in [-0.2, 0) is 10.0 Å². The van der Waals surface area contributed by atoms with Gasteiger partial charge in [-0.25, -0.2) is 17.9 Å². The Morgan fingerprint density at radius 1 is 1.43 bits per heavy atom. The smallest absolute Gasteiger partial charge is 0.347 e. The van der Waals surface area contributed by atoms with Crippen LogP contribution in [0.4, 0.5) is 0 Å². The Morgan fingerprint density at radius 2 is 2.10 bits per heavy atom. The summed E-state index contributed by atoms with van der Waals surface area (Å²) < 4.78 is 27.1. The highest BCUT2D eigenvalue weighted by molar-refractivity contribution is 7.89. The predicted octanol–water partition coefficient (Wildman–Crippen LogP) is 1.60. The van der Waals surface area contributed by atoms with E-state index < -0.39 is 16.0 Å². The van der Waals surface area contributed by atoms with Crippen LogP contribution in [0.1, 0.15) is 35.9 Å². The Bertz CT molecular complexity index is 591. The van der Waals surface area contributed by atoms with E-state index in [9.17, 15) is 13.2 Å². The molecule has 6 nitrogen and oxygen atoms in total. The molecule has 2 heterocycles. The van der Waals surface area contributed by atoms with Crippen LogP contribution in [0, 0.1) is 0 Å². The summed E-state index contributed by atoms with van der Waals surface area (Å²) in [6.45, 7) is 4.43. The van der Waals surface area contributed by atoms with Crippen LogP contribution in [0.3, 0.4) is 0 Å². The van der Waals surface area contributed by atoms with Crippen LogP contribution >= 0.6 is 11.3 Å². The number of rotatable bonds is 6. The molecule has 2 rings (SSSR count). The molecule has 0 bridgehead atoms. The van der Waals surface area contributed by atoms with Gasteiger partial charge in [0.1, 0.15) is 9.77 Å². The zero-order valence-corrected chi connectivity index (χ0v) is 13.5. The molecular formula is C13H20N2O4S2. The molecule has 2 N–H and O–H groups in total. The topological polar surface area (TPSA) is 86.7 Å². The SMILES string of the molecule is CC(CN1CCCCC1)NS(=O)(=O)c1ccsc1C(=O)O. The highest BCUT2D eigenvalue weighted by atomic mass is 32.2. The Balaban J connectivity index is 2.02. The van der Waals surface area contributed by atoms with Crippen LogP contribution in [0.25, 0.3) is 0 Å². The van der Waals surface area contributed by atoms with Gasteiger partial charge in [0.2, 0.25) is 10.0 Å². The monoisotopic (exact) mass is 332 g/mol. The molecule has 1 atom stereocenters. The fourth-order valence-electron chi connectivity index (χ4n) is 2.56. The summed E-state index contributed by atoms with van der Waals surface area (Å²) in [7, 11) is -3.79. The van der Waals surface area contributed by atoms with Gasteiger partial charge in [-0.2, -0.15) is 0 Å². The van der Waals surface area contributed by atoms with Gasteiger partial charge in [0.25, 0.3) is 0 Å². The zero-order valence-electron chi connectivity index (χ0n) is 11.9. The van der Waals surface area contributed by atoms with Crippen molar-refractivity contribution in [3.05, 3.63) is 16.3 Å². The van der Waals surface area contributed by atoms with E-state index in [-0.39, 0.29) is 15.8 Å². The number of carboxylic acids is 1. The second kappa shape index (κ2) is 6.87. The maximum Gasteiger partial charge on any atom is 0.347 e. The van der Waals surface area contributed by atoms with E-state index in [0.717, 1.165) is 37.3 Å². The molecule has 0 aromatic carbocycles. The van der Waals surface area contributed by atoms with Crippen molar-refractivity contribution in [3.63, 3.8) is 0 Å². The molecule has 1 saturated heterocycles. The molecule has 0 saturated carbocycles. The van der Waals surface area contributed by atoms with Crippen LogP contribution in [0.5, 0.6) is 0 Å². The number of carbonyl (C=O) groups is 1. The maximum atomic E-state index is 12.3. The Kier molecular flexibility index (Phi) is 5.37. The largest absolute Gasteiger partial charge is 0.477 e. The lowest BCUT2D eigenvalue weighted by Crippen LogP contribution is -2.43. The molecule has 0 radical (unpaired) electrons.